The largest absolute Gasteiger partial charge is 0.458 e. The van der Waals surface area contributed by atoms with Gasteiger partial charge in [-0.25, -0.2) is 8.78 Å². The Morgan fingerprint density at radius 2 is 1.61 bits per heavy atom. The van der Waals surface area contributed by atoms with Crippen LogP contribution in [0.25, 0.3) is 11.1 Å². The lowest BCUT2D eigenvalue weighted by Crippen LogP contribution is -2.31. The van der Waals surface area contributed by atoms with Crippen LogP contribution in [0.4, 0.5) is 8.78 Å². The minimum absolute atomic E-state index is 0.00559. The van der Waals surface area contributed by atoms with Crippen LogP contribution in [0.2, 0.25) is 0 Å². The van der Waals surface area contributed by atoms with Crippen molar-refractivity contribution in [3.8, 4) is 0 Å². The van der Waals surface area contributed by atoms with Crippen molar-refractivity contribution in [2.24, 2.45) is 0 Å². The van der Waals surface area contributed by atoms with Crippen LogP contribution in [0.15, 0.2) is 78.2 Å². The fourth-order valence-corrected chi connectivity index (χ4v) is 4.32. The fourth-order valence-electron chi connectivity index (χ4n) is 3.56. The summed E-state index contributed by atoms with van der Waals surface area (Å²) in [4.78, 5) is 12.6. The van der Waals surface area contributed by atoms with Gasteiger partial charge in [0.2, 0.25) is 0 Å². The third-order valence-corrected chi connectivity index (χ3v) is 5.89. The van der Waals surface area contributed by atoms with E-state index in [4.69, 9.17) is 4.74 Å². The van der Waals surface area contributed by atoms with Crippen molar-refractivity contribution >= 4 is 28.5 Å². The number of hydrogen-bond acceptors (Lipinski definition) is 4. The number of ether oxygens (including phenoxy) is 1. The van der Waals surface area contributed by atoms with Gasteiger partial charge in [-0.2, -0.15) is 0 Å². The molecule has 4 rings (SSSR count). The van der Waals surface area contributed by atoms with Gasteiger partial charge in [-0.15, -0.1) is 11.3 Å². The highest BCUT2D eigenvalue weighted by molar-refractivity contribution is 7.11. The normalized spacial score (nSPS) is 18.7. The van der Waals surface area contributed by atoms with E-state index < -0.39 is 18.2 Å². The standard InChI is InChI=1S/C25H20F2O3S/c26-18-7-3-16(4-8-18)25(17-5-9-19(27)10-6-17)22(23-2-1-13-31-23)12-11-21-14-20(28)15-24(29)30-21/h1-13,20-21,28H,14-15H2/b12-11+/t20-,21-/m1/s1. The summed E-state index contributed by atoms with van der Waals surface area (Å²) in [7, 11) is 0. The number of thiophene rings is 1. The zero-order chi connectivity index (χ0) is 21.8. The Morgan fingerprint density at radius 1 is 1.00 bits per heavy atom. The van der Waals surface area contributed by atoms with Gasteiger partial charge < -0.3 is 9.84 Å². The van der Waals surface area contributed by atoms with Crippen LogP contribution in [0.3, 0.4) is 0 Å². The van der Waals surface area contributed by atoms with Crippen LogP contribution < -0.4 is 0 Å². The maximum absolute atomic E-state index is 13.6. The van der Waals surface area contributed by atoms with Crippen LogP contribution in [-0.4, -0.2) is 23.3 Å². The number of aliphatic hydroxyl groups is 1. The van der Waals surface area contributed by atoms with E-state index in [0.29, 0.717) is 6.42 Å². The molecule has 0 bridgehead atoms. The van der Waals surface area contributed by atoms with Gasteiger partial charge in [-0.05, 0) is 64.1 Å². The zero-order valence-electron chi connectivity index (χ0n) is 16.5. The molecule has 1 saturated heterocycles. The van der Waals surface area contributed by atoms with E-state index in [1.54, 1.807) is 30.3 Å². The Balaban J connectivity index is 1.86. The third-order valence-electron chi connectivity index (χ3n) is 4.99. The van der Waals surface area contributed by atoms with Gasteiger partial charge in [-0.1, -0.05) is 36.4 Å². The summed E-state index contributed by atoms with van der Waals surface area (Å²) in [6, 6.07) is 16.1. The molecule has 158 valence electrons. The number of rotatable bonds is 5. The molecule has 6 heteroatoms. The summed E-state index contributed by atoms with van der Waals surface area (Å²) in [5.41, 5.74) is 3.15. The lowest BCUT2D eigenvalue weighted by Gasteiger charge is -2.23. The van der Waals surface area contributed by atoms with Crippen molar-refractivity contribution in [1.82, 2.24) is 0 Å². The van der Waals surface area contributed by atoms with Gasteiger partial charge in [0.05, 0.1) is 12.5 Å². The Hall–Kier alpha value is -3.09. The third kappa shape index (κ3) is 5.16. The van der Waals surface area contributed by atoms with Crippen LogP contribution in [0, 0.1) is 11.6 Å². The number of allylic oxidation sites excluding steroid dienone is 2. The van der Waals surface area contributed by atoms with E-state index in [1.807, 2.05) is 23.6 Å². The molecular formula is C25H20F2O3S. The summed E-state index contributed by atoms with van der Waals surface area (Å²) in [6.07, 6.45) is 2.64. The highest BCUT2D eigenvalue weighted by atomic mass is 32.1. The molecule has 2 aromatic carbocycles. The average molecular weight is 438 g/mol. The van der Waals surface area contributed by atoms with E-state index in [0.717, 1.165) is 27.2 Å². The molecule has 2 atom stereocenters. The van der Waals surface area contributed by atoms with E-state index in [9.17, 15) is 18.7 Å². The van der Waals surface area contributed by atoms with Crippen molar-refractivity contribution in [2.75, 3.05) is 0 Å². The van der Waals surface area contributed by atoms with E-state index >= 15 is 0 Å². The first-order chi connectivity index (χ1) is 15.0. The maximum Gasteiger partial charge on any atom is 0.309 e. The van der Waals surface area contributed by atoms with Gasteiger partial charge in [0.1, 0.15) is 17.7 Å². The lowest BCUT2D eigenvalue weighted by atomic mass is 9.91. The summed E-state index contributed by atoms with van der Waals surface area (Å²) < 4.78 is 32.5. The van der Waals surface area contributed by atoms with Crippen molar-refractivity contribution in [3.05, 3.63) is 106 Å². The first kappa shape index (κ1) is 21.2. The summed E-state index contributed by atoms with van der Waals surface area (Å²) in [5, 5.41) is 11.8. The van der Waals surface area contributed by atoms with Crippen molar-refractivity contribution in [1.29, 1.82) is 0 Å². The number of hydrogen-bond donors (Lipinski definition) is 1. The number of halogens is 2. The molecule has 2 heterocycles. The smallest absolute Gasteiger partial charge is 0.309 e. The minimum atomic E-state index is -0.737. The van der Waals surface area contributed by atoms with Gasteiger partial charge >= 0.3 is 5.97 Å². The Bertz CT molecular complexity index is 1050. The second kappa shape index (κ2) is 9.37. The second-order valence-corrected chi connectivity index (χ2v) is 8.21. The van der Waals surface area contributed by atoms with Gasteiger partial charge in [-0.3, -0.25) is 4.79 Å². The predicted octanol–water partition coefficient (Wildman–Crippen LogP) is 5.61. The lowest BCUT2D eigenvalue weighted by molar-refractivity contribution is -0.156. The van der Waals surface area contributed by atoms with Crippen molar-refractivity contribution in [3.63, 3.8) is 0 Å². The molecule has 1 N–H and O–H groups in total. The Labute approximate surface area is 182 Å². The number of aliphatic hydroxyl groups excluding tert-OH is 1. The molecule has 31 heavy (non-hydrogen) atoms. The highest BCUT2D eigenvalue weighted by Crippen LogP contribution is 2.36. The number of esters is 1. The number of carbonyl (C=O) groups is 1. The van der Waals surface area contributed by atoms with Crippen molar-refractivity contribution in [2.45, 2.75) is 25.0 Å². The van der Waals surface area contributed by atoms with Crippen LogP contribution >= 0.6 is 11.3 Å². The number of carbonyl (C=O) groups excluding carboxylic acids is 1. The van der Waals surface area contributed by atoms with Gasteiger partial charge in [0.15, 0.2) is 0 Å². The van der Waals surface area contributed by atoms with E-state index in [-0.39, 0.29) is 18.1 Å². The molecule has 1 aromatic heterocycles. The monoisotopic (exact) mass is 438 g/mol. The molecule has 1 aliphatic rings. The average Bonchev–Trinajstić information content (AvgIpc) is 3.27. The first-order valence-electron chi connectivity index (χ1n) is 9.85. The van der Waals surface area contributed by atoms with Crippen LogP contribution in [-0.2, 0) is 9.53 Å². The van der Waals surface area contributed by atoms with Crippen molar-refractivity contribution < 1.29 is 23.4 Å². The summed E-state index contributed by atoms with van der Waals surface area (Å²) >= 11 is 1.53. The zero-order valence-corrected chi connectivity index (χ0v) is 17.3. The SMILES string of the molecule is O=C1C[C@H](O)C[C@@H](/C=C/C(=C(c2ccc(F)cc2)c2ccc(F)cc2)c2cccs2)O1. The molecule has 0 spiro atoms. The van der Waals surface area contributed by atoms with Crippen LogP contribution in [0.5, 0.6) is 0 Å². The second-order valence-electron chi connectivity index (χ2n) is 7.26. The summed E-state index contributed by atoms with van der Waals surface area (Å²) in [6.45, 7) is 0. The quantitative estimate of drug-likeness (QED) is 0.416. The molecule has 0 unspecified atom stereocenters. The maximum atomic E-state index is 13.6. The predicted molar refractivity (Wildman–Crippen MR) is 117 cm³/mol. The topological polar surface area (TPSA) is 46.5 Å². The van der Waals surface area contributed by atoms with Gasteiger partial charge in [0.25, 0.3) is 0 Å². The van der Waals surface area contributed by atoms with Gasteiger partial charge in [0, 0.05) is 11.3 Å². The molecule has 0 saturated carbocycles. The Kier molecular flexibility index (Phi) is 6.39. The molecular weight excluding hydrogens is 418 g/mol. The first-order valence-corrected chi connectivity index (χ1v) is 10.7. The molecule has 0 aliphatic carbocycles. The molecule has 3 aromatic rings. The molecule has 1 aliphatic heterocycles. The number of cyclic esters (lactones) is 1. The highest BCUT2D eigenvalue weighted by Gasteiger charge is 2.25. The van der Waals surface area contributed by atoms with E-state index in [2.05, 4.69) is 0 Å². The fraction of sp³-hybridized carbons (Fsp3) is 0.160. The van der Waals surface area contributed by atoms with Crippen LogP contribution in [0.1, 0.15) is 28.8 Å². The molecule has 1 fully saturated rings. The minimum Gasteiger partial charge on any atom is -0.458 e. The number of benzene rings is 2. The molecule has 0 amide bonds. The Morgan fingerprint density at radius 3 is 2.13 bits per heavy atom. The molecule has 3 nitrogen and oxygen atoms in total. The van der Waals surface area contributed by atoms with E-state index in [1.165, 1.54) is 35.6 Å². The summed E-state index contributed by atoms with van der Waals surface area (Å²) in [5.74, 6) is -1.13. The molecule has 0 radical (unpaired) electrons.